The topological polar surface area (TPSA) is 55.4 Å². The van der Waals surface area contributed by atoms with E-state index in [0.717, 1.165) is 4.88 Å². The molecule has 22 heavy (non-hydrogen) atoms. The summed E-state index contributed by atoms with van der Waals surface area (Å²) in [5.41, 5.74) is 0.133. The van der Waals surface area contributed by atoms with Crippen molar-refractivity contribution in [2.45, 2.75) is 13.0 Å². The number of carbonyl (C=O) groups excluding carboxylic acids is 2. The second-order valence-electron chi connectivity index (χ2n) is 4.48. The highest BCUT2D eigenvalue weighted by atomic mass is 35.5. The average molecular weight is 358 g/mol. The summed E-state index contributed by atoms with van der Waals surface area (Å²) in [4.78, 5) is 24.7. The number of hydrogen-bond donors (Lipinski definition) is 1. The minimum absolute atomic E-state index is 0.113. The van der Waals surface area contributed by atoms with Crippen molar-refractivity contribution in [3.05, 3.63) is 56.2 Å². The molecule has 2 rings (SSSR count). The first-order valence-electron chi connectivity index (χ1n) is 6.43. The molecule has 1 aromatic heterocycles. The Kier molecular flexibility index (Phi) is 5.83. The summed E-state index contributed by atoms with van der Waals surface area (Å²) in [5.74, 6) is -1.07. The number of thiophene rings is 1. The van der Waals surface area contributed by atoms with E-state index in [1.54, 1.807) is 23.5 Å². The fourth-order valence-electron chi connectivity index (χ4n) is 1.76. The highest BCUT2D eigenvalue weighted by Crippen LogP contribution is 2.26. The number of hydrogen-bond acceptors (Lipinski definition) is 4. The summed E-state index contributed by atoms with van der Waals surface area (Å²) in [6.07, 6.45) is 0. The number of nitrogens with one attached hydrogen (secondary N) is 1. The van der Waals surface area contributed by atoms with Crippen LogP contribution < -0.4 is 5.32 Å². The van der Waals surface area contributed by atoms with Gasteiger partial charge in [0.05, 0.1) is 21.7 Å². The molecule has 0 saturated carbocycles. The van der Waals surface area contributed by atoms with Crippen molar-refractivity contribution in [1.29, 1.82) is 0 Å². The lowest BCUT2D eigenvalue weighted by atomic mass is 10.2. The molecule has 0 aliphatic heterocycles. The van der Waals surface area contributed by atoms with E-state index in [2.05, 4.69) is 5.32 Å². The predicted molar refractivity (Wildman–Crippen MR) is 87.6 cm³/mol. The van der Waals surface area contributed by atoms with Gasteiger partial charge in [-0.25, -0.2) is 4.79 Å². The van der Waals surface area contributed by atoms with Crippen LogP contribution in [0, 0.1) is 0 Å². The minimum Gasteiger partial charge on any atom is -0.452 e. The molecule has 0 unspecified atom stereocenters. The molecular weight excluding hydrogens is 345 g/mol. The average Bonchev–Trinajstić information content (AvgIpc) is 3.02. The van der Waals surface area contributed by atoms with E-state index < -0.39 is 5.97 Å². The molecule has 1 N–H and O–H groups in total. The molecule has 7 heteroatoms. The first-order valence-corrected chi connectivity index (χ1v) is 8.06. The molecular formula is C15H13Cl2NO3S. The summed E-state index contributed by atoms with van der Waals surface area (Å²) in [6.45, 7) is 1.48. The van der Waals surface area contributed by atoms with Gasteiger partial charge in [0.2, 0.25) is 0 Å². The summed E-state index contributed by atoms with van der Waals surface area (Å²) < 4.78 is 4.95. The van der Waals surface area contributed by atoms with E-state index in [1.807, 2.05) is 24.4 Å². The van der Waals surface area contributed by atoms with E-state index in [-0.39, 0.29) is 34.2 Å². The molecule has 1 aromatic carbocycles. The van der Waals surface area contributed by atoms with Crippen LogP contribution in [0.1, 0.15) is 28.2 Å². The van der Waals surface area contributed by atoms with Gasteiger partial charge in [0.15, 0.2) is 6.61 Å². The molecule has 116 valence electrons. The van der Waals surface area contributed by atoms with Crippen molar-refractivity contribution in [2.24, 2.45) is 0 Å². The van der Waals surface area contributed by atoms with Gasteiger partial charge in [-0.3, -0.25) is 4.79 Å². The third-order valence-electron chi connectivity index (χ3n) is 2.85. The summed E-state index contributed by atoms with van der Waals surface area (Å²) >= 11 is 13.3. The number of rotatable bonds is 5. The van der Waals surface area contributed by atoms with Crippen molar-refractivity contribution in [1.82, 2.24) is 5.32 Å². The summed E-state index contributed by atoms with van der Waals surface area (Å²) in [7, 11) is 0. The number of halogens is 2. The number of ether oxygens (including phenoxy) is 1. The highest BCUT2D eigenvalue weighted by molar-refractivity contribution is 7.10. The highest BCUT2D eigenvalue weighted by Gasteiger charge is 2.16. The number of esters is 1. The zero-order chi connectivity index (χ0) is 16.1. The molecule has 1 atom stereocenters. The van der Waals surface area contributed by atoms with Gasteiger partial charge < -0.3 is 10.1 Å². The summed E-state index contributed by atoms with van der Waals surface area (Å²) in [6, 6.07) is 8.33. The van der Waals surface area contributed by atoms with Gasteiger partial charge in [0, 0.05) is 4.88 Å². The molecule has 0 radical (unpaired) electrons. The Bertz CT molecular complexity index is 673. The maximum absolute atomic E-state index is 11.9. The van der Waals surface area contributed by atoms with Crippen LogP contribution >= 0.6 is 34.5 Å². The van der Waals surface area contributed by atoms with Gasteiger partial charge in [-0.15, -0.1) is 11.3 Å². The minimum atomic E-state index is -0.688. The van der Waals surface area contributed by atoms with Crippen LogP contribution in [0.4, 0.5) is 0 Å². The van der Waals surface area contributed by atoms with Crippen molar-refractivity contribution < 1.29 is 14.3 Å². The SMILES string of the molecule is C[C@H](NC(=O)COC(=O)c1cccc(Cl)c1Cl)c1cccs1. The van der Waals surface area contributed by atoms with Crippen LogP contribution in [0.25, 0.3) is 0 Å². The molecule has 0 spiro atoms. The van der Waals surface area contributed by atoms with E-state index in [0.29, 0.717) is 0 Å². The van der Waals surface area contributed by atoms with Gasteiger partial charge in [0.25, 0.3) is 5.91 Å². The van der Waals surface area contributed by atoms with Gasteiger partial charge in [0.1, 0.15) is 0 Å². The van der Waals surface area contributed by atoms with Crippen LogP contribution in [0.15, 0.2) is 35.7 Å². The van der Waals surface area contributed by atoms with Crippen LogP contribution in [-0.2, 0) is 9.53 Å². The largest absolute Gasteiger partial charge is 0.452 e. The Labute approximate surface area is 142 Å². The van der Waals surface area contributed by atoms with Gasteiger partial charge in [-0.2, -0.15) is 0 Å². The molecule has 1 heterocycles. The molecule has 4 nitrogen and oxygen atoms in total. The van der Waals surface area contributed by atoms with Crippen LogP contribution in [-0.4, -0.2) is 18.5 Å². The smallest absolute Gasteiger partial charge is 0.340 e. The Morgan fingerprint density at radius 1 is 1.27 bits per heavy atom. The molecule has 0 bridgehead atoms. The van der Waals surface area contributed by atoms with Gasteiger partial charge >= 0.3 is 5.97 Å². The third-order valence-corrected chi connectivity index (χ3v) is 4.73. The fraction of sp³-hybridized carbons (Fsp3) is 0.200. The second-order valence-corrected chi connectivity index (χ2v) is 6.25. The molecule has 0 fully saturated rings. The lowest BCUT2D eigenvalue weighted by molar-refractivity contribution is -0.124. The zero-order valence-corrected chi connectivity index (χ0v) is 14.0. The maximum atomic E-state index is 11.9. The summed E-state index contributed by atoms with van der Waals surface area (Å²) in [5, 5.41) is 5.05. The monoisotopic (exact) mass is 357 g/mol. The Morgan fingerprint density at radius 2 is 2.05 bits per heavy atom. The molecule has 2 aromatic rings. The van der Waals surface area contributed by atoms with E-state index in [1.165, 1.54) is 6.07 Å². The number of amides is 1. The van der Waals surface area contributed by atoms with Crippen LogP contribution in [0.2, 0.25) is 10.0 Å². The predicted octanol–water partition coefficient (Wildman–Crippen LogP) is 4.09. The van der Waals surface area contributed by atoms with Crippen LogP contribution in [0.5, 0.6) is 0 Å². The van der Waals surface area contributed by atoms with E-state index in [4.69, 9.17) is 27.9 Å². The standard InChI is InChI=1S/C15H13Cl2NO3S/c1-9(12-6-3-7-22-12)18-13(19)8-21-15(20)10-4-2-5-11(16)14(10)17/h2-7,9H,8H2,1H3,(H,18,19)/t9-/m0/s1. The Balaban J connectivity index is 1.88. The van der Waals surface area contributed by atoms with Gasteiger partial charge in [-0.1, -0.05) is 35.3 Å². The Morgan fingerprint density at radius 3 is 2.73 bits per heavy atom. The maximum Gasteiger partial charge on any atom is 0.340 e. The Hall–Kier alpha value is -1.56. The normalized spacial score (nSPS) is 11.8. The third kappa shape index (κ3) is 4.22. The first-order chi connectivity index (χ1) is 10.5. The second kappa shape index (κ2) is 7.63. The van der Waals surface area contributed by atoms with Crippen molar-refractivity contribution in [3.8, 4) is 0 Å². The number of benzene rings is 1. The fourth-order valence-corrected chi connectivity index (χ4v) is 2.87. The quantitative estimate of drug-likeness (QED) is 0.819. The van der Waals surface area contributed by atoms with Crippen LogP contribution in [0.3, 0.4) is 0 Å². The van der Waals surface area contributed by atoms with Gasteiger partial charge in [-0.05, 0) is 30.5 Å². The lowest BCUT2D eigenvalue weighted by Gasteiger charge is -2.12. The molecule has 0 aliphatic rings. The van der Waals surface area contributed by atoms with E-state index >= 15 is 0 Å². The van der Waals surface area contributed by atoms with Crippen molar-refractivity contribution >= 4 is 46.4 Å². The zero-order valence-electron chi connectivity index (χ0n) is 11.6. The molecule has 1 amide bonds. The molecule has 0 aliphatic carbocycles. The molecule has 0 saturated heterocycles. The lowest BCUT2D eigenvalue weighted by Crippen LogP contribution is -2.30. The first kappa shape index (κ1) is 16.8. The van der Waals surface area contributed by atoms with Crippen molar-refractivity contribution in [2.75, 3.05) is 6.61 Å². The van der Waals surface area contributed by atoms with Crippen molar-refractivity contribution in [3.63, 3.8) is 0 Å². The van der Waals surface area contributed by atoms with E-state index in [9.17, 15) is 9.59 Å². The number of carbonyl (C=O) groups is 2.